The van der Waals surface area contributed by atoms with Crippen molar-refractivity contribution >= 4 is 5.69 Å². The zero-order chi connectivity index (χ0) is 9.14. The minimum atomic E-state index is -2.63. The maximum atomic E-state index is 12.0. The van der Waals surface area contributed by atoms with Crippen molar-refractivity contribution in [3.8, 4) is 0 Å². The fourth-order valence-electron chi connectivity index (χ4n) is 0.782. The summed E-state index contributed by atoms with van der Waals surface area (Å²) in [5.74, 6) is 0. The number of alkyl halides is 2. The molecule has 12 heavy (non-hydrogen) atoms. The Bertz CT molecular complexity index is 278. The van der Waals surface area contributed by atoms with Crippen molar-refractivity contribution in [2.75, 3.05) is 5.73 Å². The zero-order valence-electron chi connectivity index (χ0n) is 6.17. The lowest BCUT2D eigenvalue weighted by molar-refractivity contribution is 0.146. The molecule has 66 valence electrons. The van der Waals surface area contributed by atoms with Gasteiger partial charge in [0.05, 0.1) is 18.5 Å². The molecular weight excluding hydrogens is 166 g/mol. The molecule has 5 heteroatoms. The summed E-state index contributed by atoms with van der Waals surface area (Å²) < 4.78 is 24.1. The van der Waals surface area contributed by atoms with Crippen LogP contribution in [0.2, 0.25) is 0 Å². The molecule has 0 aromatic carbocycles. The van der Waals surface area contributed by atoms with Gasteiger partial charge in [-0.3, -0.25) is 4.98 Å². The lowest BCUT2D eigenvalue weighted by Crippen LogP contribution is -1.99. The quantitative estimate of drug-likeness (QED) is 0.705. The second-order valence-corrected chi connectivity index (χ2v) is 2.27. The average molecular weight is 174 g/mol. The van der Waals surface area contributed by atoms with Gasteiger partial charge in [-0.1, -0.05) is 0 Å². The molecule has 0 aliphatic rings. The van der Waals surface area contributed by atoms with Gasteiger partial charge in [-0.15, -0.1) is 0 Å². The Morgan fingerprint density at radius 3 is 2.75 bits per heavy atom. The van der Waals surface area contributed by atoms with Crippen molar-refractivity contribution in [2.24, 2.45) is 0 Å². The maximum absolute atomic E-state index is 12.0. The highest BCUT2D eigenvalue weighted by atomic mass is 19.3. The summed E-state index contributed by atoms with van der Waals surface area (Å²) in [6, 6.07) is 1.10. The summed E-state index contributed by atoms with van der Waals surface area (Å²) in [7, 11) is 0. The van der Waals surface area contributed by atoms with Gasteiger partial charge in [-0.2, -0.15) is 0 Å². The molecule has 0 radical (unpaired) electrons. The number of hydrogen-bond acceptors (Lipinski definition) is 3. The number of pyridine rings is 1. The highest BCUT2D eigenvalue weighted by molar-refractivity contribution is 5.44. The molecule has 0 saturated heterocycles. The van der Waals surface area contributed by atoms with Gasteiger partial charge >= 0.3 is 0 Å². The number of rotatable bonds is 2. The number of aliphatic hydroxyl groups excluding tert-OH is 1. The summed E-state index contributed by atoms with van der Waals surface area (Å²) in [4.78, 5) is 3.40. The van der Waals surface area contributed by atoms with Gasteiger partial charge < -0.3 is 10.8 Å². The van der Waals surface area contributed by atoms with E-state index in [9.17, 15) is 8.78 Å². The molecule has 3 N–H and O–H groups in total. The fourth-order valence-corrected chi connectivity index (χ4v) is 0.782. The third-order valence-electron chi connectivity index (χ3n) is 1.44. The first-order chi connectivity index (χ1) is 5.65. The Morgan fingerprint density at radius 1 is 1.58 bits per heavy atom. The Kier molecular flexibility index (Phi) is 2.54. The van der Waals surface area contributed by atoms with Crippen LogP contribution < -0.4 is 5.73 Å². The third-order valence-corrected chi connectivity index (χ3v) is 1.44. The second-order valence-electron chi connectivity index (χ2n) is 2.27. The molecule has 0 spiro atoms. The molecule has 1 rings (SSSR count). The van der Waals surface area contributed by atoms with Crippen LogP contribution in [-0.2, 0) is 6.61 Å². The van der Waals surface area contributed by atoms with Crippen LogP contribution in [0.25, 0.3) is 0 Å². The highest BCUT2D eigenvalue weighted by Gasteiger charge is 2.10. The van der Waals surface area contributed by atoms with E-state index in [0.717, 1.165) is 12.3 Å². The lowest BCUT2D eigenvalue weighted by Gasteiger charge is -2.03. The molecule has 1 heterocycles. The van der Waals surface area contributed by atoms with Gasteiger partial charge in [-0.05, 0) is 6.07 Å². The van der Waals surface area contributed by atoms with Gasteiger partial charge in [0.15, 0.2) is 0 Å². The average Bonchev–Trinajstić information content (AvgIpc) is 2.05. The molecule has 0 atom stereocenters. The number of anilines is 1. The van der Waals surface area contributed by atoms with Crippen LogP contribution in [0, 0.1) is 0 Å². The van der Waals surface area contributed by atoms with Gasteiger partial charge in [0, 0.05) is 5.56 Å². The van der Waals surface area contributed by atoms with E-state index in [1.165, 1.54) is 0 Å². The summed E-state index contributed by atoms with van der Waals surface area (Å²) >= 11 is 0. The smallest absolute Gasteiger partial charge is 0.280 e. The Balaban J connectivity index is 3.05. The SMILES string of the molecule is Nc1cnc(C(F)F)cc1CO. The van der Waals surface area contributed by atoms with E-state index in [0.29, 0.717) is 0 Å². The van der Waals surface area contributed by atoms with E-state index < -0.39 is 6.43 Å². The molecule has 1 aromatic heterocycles. The van der Waals surface area contributed by atoms with Crippen molar-refractivity contribution in [3.05, 3.63) is 23.5 Å². The number of halogens is 2. The van der Waals surface area contributed by atoms with Crippen LogP contribution in [-0.4, -0.2) is 10.1 Å². The Morgan fingerprint density at radius 2 is 2.25 bits per heavy atom. The number of aromatic nitrogens is 1. The zero-order valence-corrected chi connectivity index (χ0v) is 6.17. The standard InChI is InChI=1S/C7H8F2N2O/c8-7(9)6-1-4(3-12)5(10)2-11-6/h1-2,7,12H,3,10H2. The van der Waals surface area contributed by atoms with Gasteiger partial charge in [0.25, 0.3) is 6.43 Å². The number of hydrogen-bond donors (Lipinski definition) is 2. The predicted octanol–water partition coefficient (Wildman–Crippen LogP) is 1.09. The van der Waals surface area contributed by atoms with Crippen LogP contribution in [0.1, 0.15) is 17.7 Å². The van der Waals surface area contributed by atoms with Crippen molar-refractivity contribution in [1.29, 1.82) is 0 Å². The largest absolute Gasteiger partial charge is 0.397 e. The van der Waals surface area contributed by atoms with Crippen LogP contribution in [0.3, 0.4) is 0 Å². The molecule has 0 amide bonds. The number of nitrogens with two attached hydrogens (primary N) is 1. The van der Waals surface area contributed by atoms with Gasteiger partial charge in [-0.25, -0.2) is 8.78 Å². The number of nitrogen functional groups attached to an aromatic ring is 1. The van der Waals surface area contributed by atoms with Crippen LogP contribution >= 0.6 is 0 Å². The molecule has 0 saturated carbocycles. The van der Waals surface area contributed by atoms with E-state index in [4.69, 9.17) is 10.8 Å². The Hall–Kier alpha value is -1.23. The van der Waals surface area contributed by atoms with E-state index in [-0.39, 0.29) is 23.6 Å². The molecule has 0 aliphatic carbocycles. The first-order valence-corrected chi connectivity index (χ1v) is 3.28. The predicted molar refractivity (Wildman–Crippen MR) is 39.5 cm³/mol. The van der Waals surface area contributed by atoms with Gasteiger partial charge in [0.1, 0.15) is 5.69 Å². The molecule has 0 aliphatic heterocycles. The lowest BCUT2D eigenvalue weighted by atomic mass is 10.2. The number of nitrogens with zero attached hydrogens (tertiary/aromatic N) is 1. The van der Waals surface area contributed by atoms with Gasteiger partial charge in [0.2, 0.25) is 0 Å². The minimum Gasteiger partial charge on any atom is -0.397 e. The van der Waals surface area contributed by atoms with E-state index in [1.54, 1.807) is 0 Å². The molecule has 0 fully saturated rings. The molecule has 0 unspecified atom stereocenters. The maximum Gasteiger partial charge on any atom is 0.280 e. The summed E-state index contributed by atoms with van der Waals surface area (Å²) in [6.45, 7) is -0.353. The fraction of sp³-hybridized carbons (Fsp3) is 0.286. The van der Waals surface area contributed by atoms with E-state index in [2.05, 4.69) is 4.98 Å². The number of aliphatic hydroxyl groups is 1. The minimum absolute atomic E-state index is 0.224. The third kappa shape index (κ3) is 1.68. The van der Waals surface area contributed by atoms with Crippen molar-refractivity contribution < 1.29 is 13.9 Å². The first kappa shape index (κ1) is 8.86. The monoisotopic (exact) mass is 174 g/mol. The van der Waals surface area contributed by atoms with Crippen molar-refractivity contribution in [2.45, 2.75) is 13.0 Å². The summed E-state index contributed by atoms with van der Waals surface area (Å²) in [5, 5.41) is 8.67. The van der Waals surface area contributed by atoms with Crippen molar-refractivity contribution in [1.82, 2.24) is 4.98 Å². The normalized spacial score (nSPS) is 10.7. The highest BCUT2D eigenvalue weighted by Crippen LogP contribution is 2.19. The van der Waals surface area contributed by atoms with Crippen LogP contribution in [0.5, 0.6) is 0 Å². The molecule has 0 bridgehead atoms. The van der Waals surface area contributed by atoms with E-state index in [1.807, 2.05) is 0 Å². The molecule has 1 aromatic rings. The molecular formula is C7H8F2N2O. The Labute approximate surface area is 67.8 Å². The van der Waals surface area contributed by atoms with Crippen LogP contribution in [0.15, 0.2) is 12.3 Å². The van der Waals surface area contributed by atoms with E-state index >= 15 is 0 Å². The summed E-state index contributed by atoms with van der Waals surface area (Å²) in [6.07, 6.45) is -1.51. The molecule has 3 nitrogen and oxygen atoms in total. The summed E-state index contributed by atoms with van der Waals surface area (Å²) in [5.41, 5.74) is 5.47. The first-order valence-electron chi connectivity index (χ1n) is 3.28. The topological polar surface area (TPSA) is 59.1 Å². The van der Waals surface area contributed by atoms with Crippen LogP contribution in [0.4, 0.5) is 14.5 Å². The van der Waals surface area contributed by atoms with Crippen molar-refractivity contribution in [3.63, 3.8) is 0 Å². The second kappa shape index (κ2) is 3.44.